The standard InChI is InChI=1S/C25H45N.ClH/c1-5-7-9-11-12-16-20-24(3,22-23-18-14-13-15-19-23)25(4,26)21-17-10-8-6-2;/h13-15,18-19H,5-12,16-17,20-22,26H2,1-4H3;1H. The molecule has 0 fully saturated rings. The molecule has 2 atom stereocenters. The van der Waals surface area contributed by atoms with Crippen LogP contribution in [-0.4, -0.2) is 5.54 Å². The largest absolute Gasteiger partial charge is 0.325 e. The van der Waals surface area contributed by atoms with Crippen LogP contribution < -0.4 is 5.73 Å². The van der Waals surface area contributed by atoms with Gasteiger partial charge in [-0.1, -0.05) is 115 Å². The van der Waals surface area contributed by atoms with Crippen LogP contribution in [0.15, 0.2) is 30.3 Å². The van der Waals surface area contributed by atoms with Crippen molar-refractivity contribution in [1.29, 1.82) is 0 Å². The first kappa shape index (κ1) is 26.5. The van der Waals surface area contributed by atoms with Crippen LogP contribution in [0.25, 0.3) is 0 Å². The van der Waals surface area contributed by atoms with Gasteiger partial charge in [0.2, 0.25) is 0 Å². The maximum absolute atomic E-state index is 6.99. The molecule has 0 spiro atoms. The molecule has 0 amide bonds. The Kier molecular flexibility index (Phi) is 14.2. The number of rotatable bonds is 15. The van der Waals surface area contributed by atoms with E-state index in [-0.39, 0.29) is 23.4 Å². The highest BCUT2D eigenvalue weighted by atomic mass is 35.5. The molecule has 0 aromatic heterocycles. The molecule has 158 valence electrons. The summed E-state index contributed by atoms with van der Waals surface area (Å²) in [5.41, 5.74) is 8.50. The molecule has 0 aliphatic rings. The van der Waals surface area contributed by atoms with Gasteiger partial charge < -0.3 is 5.73 Å². The van der Waals surface area contributed by atoms with E-state index in [2.05, 4.69) is 58.0 Å². The monoisotopic (exact) mass is 395 g/mol. The van der Waals surface area contributed by atoms with Crippen molar-refractivity contribution in [1.82, 2.24) is 0 Å². The number of hydrogen-bond donors (Lipinski definition) is 1. The molecule has 2 heteroatoms. The Bertz CT molecular complexity index is 457. The fraction of sp³-hybridized carbons (Fsp3) is 0.760. The molecule has 1 aromatic rings. The van der Waals surface area contributed by atoms with E-state index in [9.17, 15) is 0 Å². The third-order valence-corrected chi connectivity index (χ3v) is 6.45. The van der Waals surface area contributed by atoms with Crippen molar-refractivity contribution in [2.45, 2.75) is 117 Å². The first-order valence-electron chi connectivity index (χ1n) is 11.3. The van der Waals surface area contributed by atoms with Crippen molar-refractivity contribution < 1.29 is 0 Å². The van der Waals surface area contributed by atoms with E-state index in [0.717, 1.165) is 12.8 Å². The average molecular weight is 396 g/mol. The van der Waals surface area contributed by atoms with E-state index in [4.69, 9.17) is 5.73 Å². The lowest BCUT2D eigenvalue weighted by Crippen LogP contribution is -2.52. The van der Waals surface area contributed by atoms with Crippen LogP contribution in [0, 0.1) is 5.41 Å². The van der Waals surface area contributed by atoms with Gasteiger partial charge >= 0.3 is 0 Å². The van der Waals surface area contributed by atoms with Crippen LogP contribution in [0.2, 0.25) is 0 Å². The highest BCUT2D eigenvalue weighted by molar-refractivity contribution is 5.85. The maximum atomic E-state index is 6.99. The second-order valence-electron chi connectivity index (χ2n) is 8.97. The van der Waals surface area contributed by atoms with Crippen molar-refractivity contribution in [3.8, 4) is 0 Å². The van der Waals surface area contributed by atoms with E-state index < -0.39 is 0 Å². The highest BCUT2D eigenvalue weighted by Gasteiger charge is 2.40. The summed E-state index contributed by atoms with van der Waals surface area (Å²) in [4.78, 5) is 0. The van der Waals surface area contributed by atoms with Gasteiger partial charge in [-0.3, -0.25) is 0 Å². The Labute approximate surface area is 176 Å². The van der Waals surface area contributed by atoms with Crippen LogP contribution in [0.1, 0.15) is 110 Å². The molecular weight excluding hydrogens is 350 g/mol. The summed E-state index contributed by atoms with van der Waals surface area (Å²) in [6, 6.07) is 11.0. The van der Waals surface area contributed by atoms with Gasteiger partial charge in [-0.15, -0.1) is 12.4 Å². The summed E-state index contributed by atoms with van der Waals surface area (Å²) >= 11 is 0. The lowest BCUT2D eigenvalue weighted by molar-refractivity contribution is 0.125. The lowest BCUT2D eigenvalue weighted by atomic mass is 9.64. The molecule has 1 nitrogen and oxygen atoms in total. The fourth-order valence-electron chi connectivity index (χ4n) is 4.14. The molecule has 1 rings (SSSR count). The van der Waals surface area contributed by atoms with Gasteiger partial charge in [-0.25, -0.2) is 0 Å². The first-order valence-corrected chi connectivity index (χ1v) is 11.3. The van der Waals surface area contributed by atoms with Crippen molar-refractivity contribution in [2.75, 3.05) is 0 Å². The predicted molar refractivity (Wildman–Crippen MR) is 125 cm³/mol. The van der Waals surface area contributed by atoms with Crippen molar-refractivity contribution in [3.05, 3.63) is 35.9 Å². The molecule has 1 aromatic carbocycles. The highest BCUT2D eigenvalue weighted by Crippen LogP contribution is 2.41. The first-order chi connectivity index (χ1) is 12.4. The quantitative estimate of drug-likeness (QED) is 0.298. The van der Waals surface area contributed by atoms with Crippen LogP contribution in [-0.2, 0) is 6.42 Å². The number of unbranched alkanes of at least 4 members (excludes halogenated alkanes) is 8. The van der Waals surface area contributed by atoms with Gasteiger partial charge in [0.25, 0.3) is 0 Å². The predicted octanol–water partition coefficient (Wildman–Crippen LogP) is 8.10. The molecule has 0 saturated heterocycles. The second-order valence-corrected chi connectivity index (χ2v) is 8.97. The smallest absolute Gasteiger partial charge is 0.0183 e. The molecule has 0 radical (unpaired) electrons. The van der Waals surface area contributed by atoms with E-state index in [1.807, 2.05) is 0 Å². The zero-order chi connectivity index (χ0) is 19.3. The van der Waals surface area contributed by atoms with Gasteiger partial charge in [-0.2, -0.15) is 0 Å². The Morgan fingerprint density at radius 2 is 1.19 bits per heavy atom. The van der Waals surface area contributed by atoms with Gasteiger partial charge in [0, 0.05) is 5.54 Å². The van der Waals surface area contributed by atoms with E-state index in [1.165, 1.54) is 76.2 Å². The van der Waals surface area contributed by atoms with Gasteiger partial charge in [-0.05, 0) is 37.2 Å². The Morgan fingerprint density at radius 1 is 0.704 bits per heavy atom. The van der Waals surface area contributed by atoms with E-state index >= 15 is 0 Å². The van der Waals surface area contributed by atoms with Gasteiger partial charge in [0.05, 0.1) is 0 Å². The van der Waals surface area contributed by atoms with E-state index in [1.54, 1.807) is 0 Å². The molecule has 2 N–H and O–H groups in total. The number of halogens is 1. The van der Waals surface area contributed by atoms with Gasteiger partial charge in [0.1, 0.15) is 0 Å². The fourth-order valence-corrected chi connectivity index (χ4v) is 4.14. The lowest BCUT2D eigenvalue weighted by Gasteiger charge is -2.45. The molecule has 2 unspecified atom stereocenters. The molecule has 0 heterocycles. The minimum absolute atomic E-state index is 0. The summed E-state index contributed by atoms with van der Waals surface area (Å²) in [5.74, 6) is 0. The van der Waals surface area contributed by atoms with Crippen LogP contribution in [0.3, 0.4) is 0 Å². The number of hydrogen-bond acceptors (Lipinski definition) is 1. The Morgan fingerprint density at radius 3 is 1.78 bits per heavy atom. The third kappa shape index (κ3) is 9.99. The minimum atomic E-state index is -0.0972. The van der Waals surface area contributed by atoms with Crippen LogP contribution in [0.4, 0.5) is 0 Å². The SMILES string of the molecule is CCCCCCCCC(C)(Cc1ccccc1)C(C)(N)CCCCCC.Cl. The molecule has 0 saturated carbocycles. The van der Waals surface area contributed by atoms with E-state index in [0.29, 0.717) is 0 Å². The Hall–Kier alpha value is -0.530. The third-order valence-electron chi connectivity index (χ3n) is 6.45. The van der Waals surface area contributed by atoms with Crippen LogP contribution in [0.5, 0.6) is 0 Å². The van der Waals surface area contributed by atoms with Crippen molar-refractivity contribution >= 4 is 12.4 Å². The average Bonchev–Trinajstić information content (AvgIpc) is 2.62. The summed E-state index contributed by atoms with van der Waals surface area (Å²) in [5, 5.41) is 0. The Balaban J connectivity index is 0.00000676. The molecular formula is C25H46ClN. The summed E-state index contributed by atoms with van der Waals surface area (Å²) < 4.78 is 0. The zero-order valence-electron chi connectivity index (χ0n) is 18.6. The topological polar surface area (TPSA) is 26.0 Å². The van der Waals surface area contributed by atoms with Crippen molar-refractivity contribution in [2.24, 2.45) is 11.1 Å². The van der Waals surface area contributed by atoms with Crippen LogP contribution >= 0.6 is 12.4 Å². The second kappa shape index (κ2) is 14.5. The minimum Gasteiger partial charge on any atom is -0.325 e. The molecule has 0 aliphatic heterocycles. The van der Waals surface area contributed by atoms with Gasteiger partial charge in [0.15, 0.2) is 0 Å². The number of benzene rings is 1. The molecule has 0 aliphatic carbocycles. The summed E-state index contributed by atoms with van der Waals surface area (Å²) in [6.45, 7) is 9.33. The molecule has 0 bridgehead atoms. The summed E-state index contributed by atoms with van der Waals surface area (Å²) in [7, 11) is 0. The summed E-state index contributed by atoms with van der Waals surface area (Å²) in [6.07, 6.45) is 16.9. The number of nitrogens with two attached hydrogens (primary N) is 1. The molecule has 27 heavy (non-hydrogen) atoms. The maximum Gasteiger partial charge on any atom is 0.0183 e. The normalized spacial score (nSPS) is 15.6. The van der Waals surface area contributed by atoms with Crippen molar-refractivity contribution in [3.63, 3.8) is 0 Å². The zero-order valence-corrected chi connectivity index (χ0v) is 19.4.